The highest BCUT2D eigenvalue weighted by atomic mass is 16.5. The molecule has 83 heavy (non-hydrogen) atoms. The lowest BCUT2D eigenvalue weighted by Gasteiger charge is -2.20. The number of nitrogens with one attached hydrogen (secondary N) is 1. The van der Waals surface area contributed by atoms with Crippen molar-refractivity contribution in [3.63, 3.8) is 0 Å². The highest BCUT2D eigenvalue weighted by Crippen LogP contribution is 2.19. The van der Waals surface area contributed by atoms with Crippen LogP contribution in [-0.4, -0.2) is 47.4 Å². The Morgan fingerprint density at radius 2 is 0.566 bits per heavy atom. The van der Waals surface area contributed by atoms with Crippen LogP contribution in [0.3, 0.4) is 0 Å². The number of unbranched alkanes of at least 4 members (excludes halogenated alkanes) is 56. The molecule has 6 nitrogen and oxygen atoms in total. The number of amides is 1. The monoisotopic (exact) mass is 1170 g/mol. The third-order valence-corrected chi connectivity index (χ3v) is 17.6. The van der Waals surface area contributed by atoms with E-state index < -0.39 is 12.1 Å². The lowest BCUT2D eigenvalue weighted by atomic mass is 10.0. The van der Waals surface area contributed by atoms with Gasteiger partial charge >= 0.3 is 5.97 Å². The summed E-state index contributed by atoms with van der Waals surface area (Å²) in [6.07, 6.45) is 93.9. The average Bonchev–Trinajstić information content (AvgIpc) is 3.49. The summed E-state index contributed by atoms with van der Waals surface area (Å²) in [5.74, 6) is -0.0541. The van der Waals surface area contributed by atoms with Crippen LogP contribution in [0.25, 0.3) is 0 Å². The molecule has 0 spiro atoms. The molecule has 2 atom stereocenters. The first-order chi connectivity index (χ1) is 41.0. The minimum Gasteiger partial charge on any atom is -0.466 e. The van der Waals surface area contributed by atoms with Crippen LogP contribution in [0, 0.1) is 0 Å². The van der Waals surface area contributed by atoms with Crippen molar-refractivity contribution in [2.24, 2.45) is 0 Å². The SMILES string of the molecule is CCCCCCCC/C=C\CCCCCCCC(=O)OCCCCCCCCCCCCCC/C=C\CCCCCCCCCCCCCCCC(=O)NC(CO)C(O)/C=C/CCCCCCCCCCCCCCCCCCCCCC. The topological polar surface area (TPSA) is 95.9 Å². The van der Waals surface area contributed by atoms with Gasteiger partial charge in [-0.1, -0.05) is 359 Å². The molecule has 0 aromatic heterocycles. The van der Waals surface area contributed by atoms with Gasteiger partial charge in [0, 0.05) is 12.8 Å². The minimum absolute atomic E-state index is 0.00885. The van der Waals surface area contributed by atoms with Crippen molar-refractivity contribution in [1.82, 2.24) is 5.32 Å². The summed E-state index contributed by atoms with van der Waals surface area (Å²) in [6, 6.07) is -0.629. The second kappa shape index (κ2) is 72.6. The van der Waals surface area contributed by atoms with E-state index in [1.54, 1.807) is 6.08 Å². The molecule has 0 bridgehead atoms. The third kappa shape index (κ3) is 69.1. The number of carbonyl (C=O) groups excluding carboxylic acids is 2. The molecule has 0 saturated carbocycles. The molecule has 0 saturated heterocycles. The Hall–Kier alpha value is -1.92. The van der Waals surface area contributed by atoms with Crippen molar-refractivity contribution >= 4 is 11.9 Å². The second-order valence-electron chi connectivity index (χ2n) is 26.0. The van der Waals surface area contributed by atoms with Gasteiger partial charge in [-0.25, -0.2) is 0 Å². The van der Waals surface area contributed by atoms with Gasteiger partial charge in [-0.05, 0) is 83.5 Å². The number of aliphatic hydroxyl groups excluding tert-OH is 2. The molecule has 6 heteroatoms. The summed E-state index contributed by atoms with van der Waals surface area (Å²) in [4.78, 5) is 24.6. The summed E-state index contributed by atoms with van der Waals surface area (Å²) >= 11 is 0. The molecule has 0 aliphatic heterocycles. The molecular formula is C77H147NO5. The Kier molecular flexibility index (Phi) is 70.9. The van der Waals surface area contributed by atoms with E-state index >= 15 is 0 Å². The Morgan fingerprint density at radius 3 is 0.855 bits per heavy atom. The van der Waals surface area contributed by atoms with Crippen molar-refractivity contribution in [2.75, 3.05) is 13.2 Å². The Labute approximate surface area is 519 Å². The Bertz CT molecular complexity index is 1340. The molecule has 0 rings (SSSR count). The molecule has 0 aromatic rings. The first-order valence-electron chi connectivity index (χ1n) is 37.8. The van der Waals surface area contributed by atoms with Crippen molar-refractivity contribution in [3.05, 3.63) is 36.5 Å². The highest BCUT2D eigenvalue weighted by Gasteiger charge is 2.18. The lowest BCUT2D eigenvalue weighted by Crippen LogP contribution is -2.45. The maximum atomic E-state index is 12.5. The molecule has 0 heterocycles. The van der Waals surface area contributed by atoms with Crippen molar-refractivity contribution in [2.45, 2.75) is 431 Å². The van der Waals surface area contributed by atoms with E-state index in [4.69, 9.17) is 4.74 Å². The summed E-state index contributed by atoms with van der Waals surface area (Å²) in [6.45, 7) is 4.94. The number of ether oxygens (including phenoxy) is 1. The fourth-order valence-electron chi connectivity index (χ4n) is 11.9. The number of esters is 1. The zero-order valence-electron chi connectivity index (χ0n) is 56.2. The van der Waals surface area contributed by atoms with E-state index in [2.05, 4.69) is 43.5 Å². The maximum absolute atomic E-state index is 12.5. The fourth-order valence-corrected chi connectivity index (χ4v) is 11.9. The molecule has 0 fully saturated rings. The van der Waals surface area contributed by atoms with Crippen LogP contribution in [0.1, 0.15) is 418 Å². The minimum atomic E-state index is -0.845. The standard InChI is InChI=1S/C77H147NO5/c1-3-5-7-9-11-13-15-17-19-20-21-22-32-35-38-42-45-49-53-57-61-65-69-75(80)74(73-79)78-76(81)70-66-62-58-54-50-46-43-39-36-33-30-28-26-24-23-25-27-29-31-34-37-40-44-48-52-56-60-64-68-72-83-77(82)71-67-63-59-55-51-47-41-18-16-14-12-10-8-6-4-2/h18,23,25,41,65,69,74-75,79-80H,3-17,19-22,24,26-40,42-64,66-68,70-73H2,1-2H3,(H,78,81)/b25-23-,41-18-,69-65+. The van der Waals surface area contributed by atoms with Gasteiger partial charge in [-0.2, -0.15) is 0 Å². The summed E-state index contributed by atoms with van der Waals surface area (Å²) in [5.41, 5.74) is 0. The van der Waals surface area contributed by atoms with Crippen LogP contribution < -0.4 is 5.32 Å². The molecular weight excluding hydrogens is 1020 g/mol. The lowest BCUT2D eigenvalue weighted by molar-refractivity contribution is -0.143. The van der Waals surface area contributed by atoms with Crippen molar-refractivity contribution < 1.29 is 24.5 Å². The van der Waals surface area contributed by atoms with E-state index in [1.807, 2.05) is 6.08 Å². The highest BCUT2D eigenvalue weighted by molar-refractivity contribution is 5.76. The van der Waals surface area contributed by atoms with Crippen LogP contribution in [0.15, 0.2) is 36.5 Å². The molecule has 0 radical (unpaired) electrons. The van der Waals surface area contributed by atoms with Gasteiger partial charge in [0.2, 0.25) is 5.91 Å². The number of aliphatic hydroxyl groups is 2. The van der Waals surface area contributed by atoms with Crippen LogP contribution in [0.4, 0.5) is 0 Å². The van der Waals surface area contributed by atoms with Gasteiger partial charge in [0.05, 0.1) is 25.4 Å². The molecule has 3 N–H and O–H groups in total. The van der Waals surface area contributed by atoms with Gasteiger partial charge in [-0.3, -0.25) is 9.59 Å². The van der Waals surface area contributed by atoms with Gasteiger partial charge in [0.15, 0.2) is 0 Å². The number of allylic oxidation sites excluding steroid dienone is 5. The smallest absolute Gasteiger partial charge is 0.305 e. The third-order valence-electron chi connectivity index (χ3n) is 17.6. The van der Waals surface area contributed by atoms with E-state index in [1.165, 1.54) is 347 Å². The summed E-state index contributed by atoms with van der Waals surface area (Å²) in [5, 5.41) is 23.3. The van der Waals surface area contributed by atoms with E-state index in [0.717, 1.165) is 44.9 Å². The van der Waals surface area contributed by atoms with Gasteiger partial charge < -0.3 is 20.3 Å². The van der Waals surface area contributed by atoms with Crippen LogP contribution >= 0.6 is 0 Å². The van der Waals surface area contributed by atoms with Crippen LogP contribution in [0.5, 0.6) is 0 Å². The number of hydrogen-bond donors (Lipinski definition) is 3. The first kappa shape index (κ1) is 81.1. The molecule has 490 valence electrons. The van der Waals surface area contributed by atoms with Crippen molar-refractivity contribution in [1.29, 1.82) is 0 Å². The molecule has 0 aliphatic rings. The van der Waals surface area contributed by atoms with E-state index in [-0.39, 0.29) is 18.5 Å². The average molecular weight is 1170 g/mol. The van der Waals surface area contributed by atoms with Gasteiger partial charge in [0.25, 0.3) is 0 Å². The molecule has 1 amide bonds. The summed E-state index contributed by atoms with van der Waals surface area (Å²) in [7, 11) is 0. The summed E-state index contributed by atoms with van der Waals surface area (Å²) < 4.78 is 5.49. The Balaban J connectivity index is 3.40. The second-order valence-corrected chi connectivity index (χ2v) is 26.0. The van der Waals surface area contributed by atoms with Crippen LogP contribution in [0.2, 0.25) is 0 Å². The van der Waals surface area contributed by atoms with Crippen LogP contribution in [-0.2, 0) is 14.3 Å². The van der Waals surface area contributed by atoms with Crippen molar-refractivity contribution in [3.8, 4) is 0 Å². The van der Waals surface area contributed by atoms with E-state index in [9.17, 15) is 19.8 Å². The number of carbonyl (C=O) groups is 2. The fraction of sp³-hybridized carbons (Fsp3) is 0.896. The number of hydrogen-bond acceptors (Lipinski definition) is 5. The zero-order chi connectivity index (χ0) is 59.9. The Morgan fingerprint density at radius 1 is 0.325 bits per heavy atom. The predicted octanol–water partition coefficient (Wildman–Crippen LogP) is 24.7. The molecule has 2 unspecified atom stereocenters. The maximum Gasteiger partial charge on any atom is 0.305 e. The zero-order valence-corrected chi connectivity index (χ0v) is 56.2. The van der Waals surface area contributed by atoms with Gasteiger partial charge in [-0.15, -0.1) is 0 Å². The predicted molar refractivity (Wildman–Crippen MR) is 366 cm³/mol. The first-order valence-corrected chi connectivity index (χ1v) is 37.8. The number of rotatable bonds is 71. The normalized spacial score (nSPS) is 12.7. The van der Waals surface area contributed by atoms with E-state index in [0.29, 0.717) is 19.4 Å². The quantitative estimate of drug-likeness (QED) is 0.0320. The molecule has 0 aliphatic carbocycles. The molecule has 0 aromatic carbocycles. The van der Waals surface area contributed by atoms with Gasteiger partial charge in [0.1, 0.15) is 0 Å². The largest absolute Gasteiger partial charge is 0.466 e.